The van der Waals surface area contributed by atoms with Gasteiger partial charge in [-0.1, -0.05) is 47.8 Å². The van der Waals surface area contributed by atoms with Gasteiger partial charge >= 0.3 is 0 Å². The summed E-state index contributed by atoms with van der Waals surface area (Å²) in [5, 5.41) is 0. The molecule has 3 heteroatoms. The molecule has 0 aliphatic rings. The predicted octanol–water partition coefficient (Wildman–Crippen LogP) is 4.04. The van der Waals surface area contributed by atoms with Crippen molar-refractivity contribution in [2.24, 2.45) is 5.73 Å². The van der Waals surface area contributed by atoms with Gasteiger partial charge in [-0.3, -0.25) is 0 Å². The van der Waals surface area contributed by atoms with Crippen molar-refractivity contribution in [3.63, 3.8) is 0 Å². The lowest BCUT2D eigenvalue weighted by Crippen LogP contribution is -2.27. The summed E-state index contributed by atoms with van der Waals surface area (Å²) in [6, 6.07) is 8.20. The summed E-state index contributed by atoms with van der Waals surface area (Å²) in [4.78, 5) is 0. The number of hydrogen-bond donors (Lipinski definition) is 1. The van der Waals surface area contributed by atoms with Crippen molar-refractivity contribution in [1.29, 1.82) is 0 Å². The van der Waals surface area contributed by atoms with Crippen LogP contribution in [-0.2, 0) is 4.74 Å². The van der Waals surface area contributed by atoms with Crippen LogP contribution in [0, 0.1) is 0 Å². The number of ether oxygens (including phenoxy) is 1. The normalized spacial score (nSPS) is 14.6. The standard InChI is InChI=1S/C14H22BrNO/c1-3-4-5-10-17-14(11(2)16)12-6-8-13(15)9-7-12/h6-9,11,14H,3-5,10,16H2,1-2H3. The Morgan fingerprint density at radius 1 is 1.24 bits per heavy atom. The van der Waals surface area contributed by atoms with Crippen molar-refractivity contribution in [3.8, 4) is 0 Å². The van der Waals surface area contributed by atoms with Gasteiger partial charge in [0, 0.05) is 17.1 Å². The van der Waals surface area contributed by atoms with E-state index in [1.54, 1.807) is 0 Å². The van der Waals surface area contributed by atoms with Gasteiger partial charge in [-0.25, -0.2) is 0 Å². The largest absolute Gasteiger partial charge is 0.372 e. The van der Waals surface area contributed by atoms with E-state index in [-0.39, 0.29) is 12.1 Å². The molecule has 0 aliphatic carbocycles. The highest BCUT2D eigenvalue weighted by molar-refractivity contribution is 9.10. The molecule has 0 aliphatic heterocycles. The fraction of sp³-hybridized carbons (Fsp3) is 0.571. The molecule has 1 aromatic carbocycles. The fourth-order valence-electron chi connectivity index (χ4n) is 1.77. The number of hydrogen-bond acceptors (Lipinski definition) is 2. The highest BCUT2D eigenvalue weighted by Crippen LogP contribution is 2.22. The SMILES string of the molecule is CCCCCOC(c1ccc(Br)cc1)C(C)N. The van der Waals surface area contributed by atoms with Gasteiger partial charge in [0.25, 0.3) is 0 Å². The molecule has 17 heavy (non-hydrogen) atoms. The van der Waals surface area contributed by atoms with Crippen molar-refractivity contribution in [3.05, 3.63) is 34.3 Å². The molecule has 0 spiro atoms. The summed E-state index contributed by atoms with van der Waals surface area (Å²) in [5.41, 5.74) is 7.14. The number of unbranched alkanes of at least 4 members (excludes halogenated alkanes) is 2. The lowest BCUT2D eigenvalue weighted by Gasteiger charge is -2.22. The van der Waals surface area contributed by atoms with Crippen LogP contribution in [0.15, 0.2) is 28.7 Å². The molecular formula is C14H22BrNO. The predicted molar refractivity (Wildman–Crippen MR) is 76.0 cm³/mol. The maximum absolute atomic E-state index is 5.98. The highest BCUT2D eigenvalue weighted by atomic mass is 79.9. The maximum atomic E-state index is 5.98. The van der Waals surface area contributed by atoms with Crippen LogP contribution in [0.3, 0.4) is 0 Å². The molecule has 1 aromatic rings. The average molecular weight is 300 g/mol. The van der Waals surface area contributed by atoms with Crippen molar-refractivity contribution in [1.82, 2.24) is 0 Å². The third-order valence-electron chi connectivity index (χ3n) is 2.72. The average Bonchev–Trinajstić information content (AvgIpc) is 2.30. The zero-order valence-electron chi connectivity index (χ0n) is 10.7. The molecule has 0 bridgehead atoms. The van der Waals surface area contributed by atoms with Crippen LogP contribution < -0.4 is 5.73 Å². The van der Waals surface area contributed by atoms with Gasteiger partial charge in [-0.05, 0) is 31.0 Å². The molecule has 96 valence electrons. The Morgan fingerprint density at radius 2 is 1.88 bits per heavy atom. The molecule has 1 rings (SSSR count). The third kappa shape index (κ3) is 5.19. The number of nitrogens with two attached hydrogens (primary N) is 1. The Kier molecular flexibility index (Phi) is 6.78. The molecule has 2 nitrogen and oxygen atoms in total. The van der Waals surface area contributed by atoms with Crippen molar-refractivity contribution >= 4 is 15.9 Å². The Morgan fingerprint density at radius 3 is 2.41 bits per heavy atom. The molecule has 0 aromatic heterocycles. The number of benzene rings is 1. The van der Waals surface area contributed by atoms with E-state index >= 15 is 0 Å². The van der Waals surface area contributed by atoms with E-state index in [0.29, 0.717) is 0 Å². The third-order valence-corrected chi connectivity index (χ3v) is 3.25. The first-order valence-electron chi connectivity index (χ1n) is 6.27. The first kappa shape index (κ1) is 14.7. The minimum atomic E-state index is -0.0000406. The second kappa shape index (κ2) is 7.85. The van der Waals surface area contributed by atoms with Crippen LogP contribution in [0.1, 0.15) is 44.8 Å². The topological polar surface area (TPSA) is 35.2 Å². The zero-order chi connectivity index (χ0) is 12.7. The van der Waals surface area contributed by atoms with E-state index in [1.807, 2.05) is 19.1 Å². The Bertz CT molecular complexity index is 311. The molecule has 2 atom stereocenters. The van der Waals surface area contributed by atoms with Gasteiger partial charge in [-0.2, -0.15) is 0 Å². The second-order valence-electron chi connectivity index (χ2n) is 4.41. The molecule has 0 saturated heterocycles. The zero-order valence-corrected chi connectivity index (χ0v) is 12.2. The Labute approximate surface area is 113 Å². The van der Waals surface area contributed by atoms with E-state index in [4.69, 9.17) is 10.5 Å². The van der Waals surface area contributed by atoms with E-state index in [1.165, 1.54) is 12.8 Å². The van der Waals surface area contributed by atoms with Gasteiger partial charge in [0.15, 0.2) is 0 Å². The molecule has 2 N–H and O–H groups in total. The summed E-state index contributed by atoms with van der Waals surface area (Å²) in [6.45, 7) is 4.97. The smallest absolute Gasteiger partial charge is 0.0972 e. The van der Waals surface area contributed by atoms with E-state index < -0.39 is 0 Å². The van der Waals surface area contributed by atoms with Gasteiger partial charge < -0.3 is 10.5 Å². The van der Waals surface area contributed by atoms with E-state index in [0.717, 1.165) is 23.1 Å². The van der Waals surface area contributed by atoms with Gasteiger partial charge in [0.2, 0.25) is 0 Å². The molecule has 2 unspecified atom stereocenters. The molecule has 0 amide bonds. The van der Waals surface area contributed by atoms with E-state index in [9.17, 15) is 0 Å². The van der Waals surface area contributed by atoms with Crippen LogP contribution >= 0.6 is 15.9 Å². The highest BCUT2D eigenvalue weighted by Gasteiger charge is 2.16. The first-order valence-corrected chi connectivity index (χ1v) is 7.07. The van der Waals surface area contributed by atoms with E-state index in [2.05, 4.69) is 35.0 Å². The van der Waals surface area contributed by atoms with Crippen LogP contribution in [0.5, 0.6) is 0 Å². The van der Waals surface area contributed by atoms with Gasteiger partial charge in [-0.15, -0.1) is 0 Å². The molecular weight excluding hydrogens is 278 g/mol. The lowest BCUT2D eigenvalue weighted by atomic mass is 10.0. The van der Waals surface area contributed by atoms with Crippen LogP contribution in [0.2, 0.25) is 0 Å². The molecule has 0 fully saturated rings. The van der Waals surface area contributed by atoms with Crippen LogP contribution in [-0.4, -0.2) is 12.6 Å². The minimum absolute atomic E-state index is 0.0000406. The van der Waals surface area contributed by atoms with Gasteiger partial charge in [0.05, 0.1) is 6.10 Å². The quantitative estimate of drug-likeness (QED) is 0.771. The van der Waals surface area contributed by atoms with Gasteiger partial charge in [0.1, 0.15) is 0 Å². The Hall–Kier alpha value is -0.380. The second-order valence-corrected chi connectivity index (χ2v) is 5.32. The summed E-state index contributed by atoms with van der Waals surface area (Å²) < 4.78 is 6.97. The van der Waals surface area contributed by atoms with Crippen molar-refractivity contribution in [2.75, 3.05) is 6.61 Å². The van der Waals surface area contributed by atoms with Crippen LogP contribution in [0.4, 0.5) is 0 Å². The summed E-state index contributed by atoms with van der Waals surface area (Å²) in [6.07, 6.45) is 3.53. The first-order chi connectivity index (χ1) is 8.15. The molecule has 0 heterocycles. The Balaban J connectivity index is 2.56. The molecule has 0 radical (unpaired) electrons. The summed E-state index contributed by atoms with van der Waals surface area (Å²) in [5.74, 6) is 0. The monoisotopic (exact) mass is 299 g/mol. The number of rotatable bonds is 7. The fourth-order valence-corrected chi connectivity index (χ4v) is 2.03. The lowest BCUT2D eigenvalue weighted by molar-refractivity contribution is 0.0360. The van der Waals surface area contributed by atoms with Crippen molar-refractivity contribution in [2.45, 2.75) is 45.3 Å². The summed E-state index contributed by atoms with van der Waals surface area (Å²) in [7, 11) is 0. The summed E-state index contributed by atoms with van der Waals surface area (Å²) >= 11 is 3.43. The minimum Gasteiger partial charge on any atom is -0.372 e. The molecule has 0 saturated carbocycles. The maximum Gasteiger partial charge on any atom is 0.0972 e. The van der Waals surface area contributed by atoms with Crippen LogP contribution in [0.25, 0.3) is 0 Å². The number of halogens is 1. The van der Waals surface area contributed by atoms with Crippen molar-refractivity contribution < 1.29 is 4.74 Å².